The second-order valence-electron chi connectivity index (χ2n) is 7.65. The van der Waals surface area contributed by atoms with Crippen molar-refractivity contribution in [3.05, 3.63) is 77.6 Å². The number of aromatic nitrogens is 1. The zero-order valence-corrected chi connectivity index (χ0v) is 16.5. The second kappa shape index (κ2) is 7.32. The van der Waals surface area contributed by atoms with Crippen LogP contribution in [0.5, 0.6) is 11.5 Å². The number of rotatable bonds is 3. The van der Waals surface area contributed by atoms with Gasteiger partial charge in [0.25, 0.3) is 5.91 Å². The first-order valence-electron chi connectivity index (χ1n) is 10.2. The zero-order chi connectivity index (χ0) is 19.8. The first-order chi connectivity index (χ1) is 14.2. The van der Waals surface area contributed by atoms with E-state index in [1.165, 1.54) is 0 Å². The van der Waals surface area contributed by atoms with Crippen molar-refractivity contribution in [2.75, 3.05) is 19.8 Å². The Kier molecular flexibility index (Phi) is 4.51. The van der Waals surface area contributed by atoms with Gasteiger partial charge >= 0.3 is 0 Å². The van der Waals surface area contributed by atoms with E-state index in [9.17, 15) is 4.79 Å². The molecule has 3 aromatic rings. The van der Waals surface area contributed by atoms with Gasteiger partial charge in [0, 0.05) is 30.2 Å². The maximum atomic E-state index is 13.4. The fraction of sp³-hybridized carbons (Fsp3) is 0.292. The van der Waals surface area contributed by atoms with E-state index in [0.29, 0.717) is 13.2 Å². The number of nitrogens with zero attached hydrogens (tertiary/aromatic N) is 2. The molecule has 5 heteroatoms. The molecule has 1 aromatic heterocycles. The van der Waals surface area contributed by atoms with Gasteiger partial charge in [-0.15, -0.1) is 0 Å². The maximum absolute atomic E-state index is 13.4. The van der Waals surface area contributed by atoms with Gasteiger partial charge in [0.15, 0.2) is 11.5 Å². The summed E-state index contributed by atoms with van der Waals surface area (Å²) in [4.78, 5) is 15.4. The minimum Gasteiger partial charge on any atom is -0.486 e. The lowest BCUT2D eigenvalue weighted by Crippen LogP contribution is -2.30. The zero-order valence-electron chi connectivity index (χ0n) is 16.5. The third-order valence-corrected chi connectivity index (χ3v) is 5.80. The molecule has 0 aliphatic carbocycles. The lowest BCUT2D eigenvalue weighted by Gasteiger charge is -2.27. The van der Waals surface area contributed by atoms with Crippen LogP contribution in [0.2, 0.25) is 0 Å². The van der Waals surface area contributed by atoms with E-state index >= 15 is 0 Å². The van der Waals surface area contributed by atoms with Crippen LogP contribution in [0.3, 0.4) is 0 Å². The summed E-state index contributed by atoms with van der Waals surface area (Å²) >= 11 is 0. The smallest absolute Gasteiger partial charge is 0.254 e. The molecule has 2 aromatic carbocycles. The van der Waals surface area contributed by atoms with Crippen molar-refractivity contribution >= 4 is 5.91 Å². The van der Waals surface area contributed by atoms with Crippen molar-refractivity contribution in [1.82, 2.24) is 9.47 Å². The van der Waals surface area contributed by atoms with Crippen LogP contribution < -0.4 is 9.47 Å². The Morgan fingerprint density at radius 1 is 1.00 bits per heavy atom. The standard InChI is InChI=1S/C24H24N2O3/c1-17-6-7-19(15-21(17)25-10-2-3-11-25)24(27)26-12-4-5-20(26)18-8-9-22-23(16-18)29-14-13-28-22/h2-3,6-11,15-16,20H,4-5,12-14H2,1H3. The topological polar surface area (TPSA) is 43.7 Å². The fourth-order valence-corrected chi connectivity index (χ4v) is 4.31. The minimum absolute atomic E-state index is 0.0645. The highest BCUT2D eigenvalue weighted by Gasteiger charge is 2.31. The van der Waals surface area contributed by atoms with Crippen LogP contribution in [0, 0.1) is 6.92 Å². The van der Waals surface area contributed by atoms with Crippen molar-refractivity contribution < 1.29 is 14.3 Å². The summed E-state index contributed by atoms with van der Waals surface area (Å²) in [6.07, 6.45) is 5.97. The summed E-state index contributed by atoms with van der Waals surface area (Å²) in [5, 5.41) is 0. The Hall–Kier alpha value is -3.21. The van der Waals surface area contributed by atoms with Gasteiger partial charge in [-0.3, -0.25) is 4.79 Å². The van der Waals surface area contributed by atoms with Crippen LogP contribution in [0.1, 0.15) is 40.4 Å². The summed E-state index contributed by atoms with van der Waals surface area (Å²) < 4.78 is 13.4. The van der Waals surface area contributed by atoms with E-state index < -0.39 is 0 Å². The molecule has 2 aliphatic rings. The quantitative estimate of drug-likeness (QED) is 0.662. The van der Waals surface area contributed by atoms with E-state index in [1.807, 2.05) is 64.3 Å². The average Bonchev–Trinajstić information content (AvgIpc) is 3.45. The van der Waals surface area contributed by atoms with Gasteiger partial charge in [0.05, 0.1) is 6.04 Å². The number of amides is 1. The van der Waals surface area contributed by atoms with Crippen LogP contribution in [-0.4, -0.2) is 35.1 Å². The van der Waals surface area contributed by atoms with E-state index in [-0.39, 0.29) is 11.9 Å². The third kappa shape index (κ3) is 3.27. The molecule has 2 aliphatic heterocycles. The van der Waals surface area contributed by atoms with Gasteiger partial charge in [-0.2, -0.15) is 0 Å². The van der Waals surface area contributed by atoms with Gasteiger partial charge in [0.1, 0.15) is 13.2 Å². The number of carbonyl (C=O) groups excluding carboxylic acids is 1. The van der Waals surface area contributed by atoms with E-state index in [1.54, 1.807) is 0 Å². The molecule has 0 N–H and O–H groups in total. The van der Waals surface area contributed by atoms with E-state index in [4.69, 9.17) is 9.47 Å². The molecule has 0 spiro atoms. The molecule has 0 saturated carbocycles. The minimum atomic E-state index is 0.0645. The molecule has 29 heavy (non-hydrogen) atoms. The number of hydrogen-bond acceptors (Lipinski definition) is 3. The summed E-state index contributed by atoms with van der Waals surface area (Å²) in [5.74, 6) is 1.64. The number of carbonyl (C=O) groups is 1. The monoisotopic (exact) mass is 388 g/mol. The van der Waals surface area contributed by atoms with E-state index in [2.05, 4.69) is 13.0 Å². The molecule has 1 amide bonds. The molecule has 1 unspecified atom stereocenters. The summed E-state index contributed by atoms with van der Waals surface area (Å²) in [6.45, 7) is 3.98. The van der Waals surface area contributed by atoms with Crippen LogP contribution in [0.4, 0.5) is 0 Å². The fourth-order valence-electron chi connectivity index (χ4n) is 4.31. The van der Waals surface area contributed by atoms with Crippen molar-refractivity contribution in [2.24, 2.45) is 0 Å². The van der Waals surface area contributed by atoms with Gasteiger partial charge in [-0.25, -0.2) is 0 Å². The molecular formula is C24H24N2O3. The van der Waals surface area contributed by atoms with Gasteiger partial charge in [-0.1, -0.05) is 12.1 Å². The molecule has 0 radical (unpaired) electrons. The van der Waals surface area contributed by atoms with Crippen LogP contribution >= 0.6 is 0 Å². The van der Waals surface area contributed by atoms with Crippen LogP contribution in [0.25, 0.3) is 5.69 Å². The number of benzene rings is 2. The Bertz CT molecular complexity index is 1040. The van der Waals surface area contributed by atoms with E-state index in [0.717, 1.165) is 53.3 Å². The Morgan fingerprint density at radius 2 is 1.79 bits per heavy atom. The molecule has 148 valence electrons. The Labute approximate surface area is 170 Å². The lowest BCUT2D eigenvalue weighted by molar-refractivity contribution is 0.0735. The molecule has 1 atom stereocenters. The maximum Gasteiger partial charge on any atom is 0.254 e. The van der Waals surface area contributed by atoms with Crippen molar-refractivity contribution in [3.8, 4) is 17.2 Å². The summed E-state index contributed by atoms with van der Waals surface area (Å²) in [5.41, 5.74) is 4.01. The normalized spacial score (nSPS) is 18.1. The van der Waals surface area contributed by atoms with Crippen LogP contribution in [-0.2, 0) is 0 Å². The largest absolute Gasteiger partial charge is 0.486 e. The molecule has 5 rings (SSSR count). The molecule has 5 nitrogen and oxygen atoms in total. The predicted octanol–water partition coefficient (Wildman–Crippen LogP) is 4.53. The number of ether oxygens (including phenoxy) is 2. The SMILES string of the molecule is Cc1ccc(C(=O)N2CCCC2c2ccc3c(c2)OCCO3)cc1-n1cccc1. The van der Waals surface area contributed by atoms with Crippen molar-refractivity contribution in [1.29, 1.82) is 0 Å². The number of fused-ring (bicyclic) bond motifs is 1. The van der Waals surface area contributed by atoms with Gasteiger partial charge in [-0.05, 0) is 67.3 Å². The highest BCUT2D eigenvalue weighted by Crippen LogP contribution is 2.38. The Morgan fingerprint density at radius 3 is 2.62 bits per heavy atom. The van der Waals surface area contributed by atoms with Crippen molar-refractivity contribution in [3.63, 3.8) is 0 Å². The molecule has 0 bridgehead atoms. The van der Waals surface area contributed by atoms with Crippen LogP contribution in [0.15, 0.2) is 60.9 Å². The number of aryl methyl sites for hydroxylation is 1. The van der Waals surface area contributed by atoms with Gasteiger partial charge in [0.2, 0.25) is 0 Å². The first-order valence-corrected chi connectivity index (χ1v) is 10.2. The molecule has 3 heterocycles. The number of likely N-dealkylation sites (tertiary alicyclic amines) is 1. The second-order valence-corrected chi connectivity index (χ2v) is 7.65. The molecule has 1 saturated heterocycles. The van der Waals surface area contributed by atoms with Gasteiger partial charge < -0.3 is 18.9 Å². The number of hydrogen-bond donors (Lipinski definition) is 0. The summed E-state index contributed by atoms with van der Waals surface area (Å²) in [7, 11) is 0. The average molecular weight is 388 g/mol. The Balaban J connectivity index is 1.44. The predicted molar refractivity (Wildman–Crippen MR) is 111 cm³/mol. The lowest BCUT2D eigenvalue weighted by atomic mass is 10.0. The third-order valence-electron chi connectivity index (χ3n) is 5.80. The molecular weight excluding hydrogens is 364 g/mol. The highest BCUT2D eigenvalue weighted by molar-refractivity contribution is 5.95. The first kappa shape index (κ1) is 17.9. The molecule has 1 fully saturated rings. The highest BCUT2D eigenvalue weighted by atomic mass is 16.6. The van der Waals surface area contributed by atoms with Crippen molar-refractivity contribution in [2.45, 2.75) is 25.8 Å². The summed E-state index contributed by atoms with van der Waals surface area (Å²) in [6, 6.07) is 16.1.